The topological polar surface area (TPSA) is 146 Å². The average Bonchev–Trinajstić information content (AvgIpc) is 2.24. The molecule has 0 saturated heterocycles. The molecule has 0 aliphatic carbocycles. The van der Waals surface area contributed by atoms with Crippen LogP contribution in [-0.2, 0) is 20.2 Å². The normalized spacial score (nSPS) is 11.9. The molecule has 9 nitrogen and oxygen atoms in total. The monoisotopic (exact) mass is 329 g/mol. The van der Waals surface area contributed by atoms with Gasteiger partial charge >= 0.3 is 25.9 Å². The Morgan fingerprint density at radius 3 is 2.11 bits per heavy atom. The van der Waals surface area contributed by atoms with Crippen molar-refractivity contribution in [1.29, 1.82) is 5.39 Å². The molecule has 104 valence electrons. The van der Waals surface area contributed by atoms with E-state index in [4.69, 9.17) is 26.1 Å². The van der Waals surface area contributed by atoms with Crippen molar-refractivity contribution in [3.63, 3.8) is 0 Å². The summed E-state index contributed by atoms with van der Waals surface area (Å²) >= 11 is 5.58. The predicted molar refractivity (Wildman–Crippen MR) is 62.4 cm³/mol. The van der Waals surface area contributed by atoms with Crippen LogP contribution in [0.1, 0.15) is 0 Å². The van der Waals surface area contributed by atoms with E-state index in [1.807, 2.05) is 0 Å². The van der Waals surface area contributed by atoms with Gasteiger partial charge in [0.25, 0.3) is 0 Å². The maximum absolute atomic E-state index is 11.2. The van der Waals surface area contributed by atoms with E-state index in [-0.39, 0.29) is 0 Å². The van der Waals surface area contributed by atoms with Gasteiger partial charge in [0.15, 0.2) is 15.6 Å². The SMILES string of the molecule is COc1c(Cl)cc(S(=O)(=O)O)c([N+]#N)c1S(=O)(=O)O. The fraction of sp³-hybridized carbons (Fsp3) is 0.143. The van der Waals surface area contributed by atoms with Crippen LogP contribution in [0.15, 0.2) is 15.9 Å². The van der Waals surface area contributed by atoms with Crippen molar-refractivity contribution in [3.05, 3.63) is 16.1 Å². The number of ether oxygens (including phenoxy) is 1. The van der Waals surface area contributed by atoms with Gasteiger partial charge in [-0.25, -0.2) is 0 Å². The average molecular weight is 330 g/mol. The number of methoxy groups -OCH3 is 1. The molecule has 0 saturated carbocycles. The maximum Gasteiger partial charge on any atom is 0.430 e. The van der Waals surface area contributed by atoms with Crippen LogP contribution >= 0.6 is 11.6 Å². The molecule has 1 aromatic rings. The number of benzene rings is 1. The summed E-state index contributed by atoms with van der Waals surface area (Å²) in [6.45, 7) is 0. The molecule has 0 aromatic heterocycles. The van der Waals surface area contributed by atoms with Crippen molar-refractivity contribution in [2.24, 2.45) is 0 Å². The smallest absolute Gasteiger partial charge is 0.430 e. The first-order valence-electron chi connectivity index (χ1n) is 4.24. The van der Waals surface area contributed by atoms with Gasteiger partial charge in [-0.2, -0.15) is 16.8 Å². The molecule has 0 spiro atoms. The second kappa shape index (κ2) is 4.91. The van der Waals surface area contributed by atoms with E-state index in [0.29, 0.717) is 6.07 Å². The first-order chi connectivity index (χ1) is 8.54. The first-order valence-corrected chi connectivity index (χ1v) is 7.50. The highest BCUT2D eigenvalue weighted by Crippen LogP contribution is 2.43. The van der Waals surface area contributed by atoms with Gasteiger partial charge in [-0.1, -0.05) is 11.6 Å². The number of rotatable bonds is 3. The lowest BCUT2D eigenvalue weighted by molar-refractivity contribution is 0.398. The van der Waals surface area contributed by atoms with E-state index in [0.717, 1.165) is 7.11 Å². The van der Waals surface area contributed by atoms with Crippen LogP contribution in [0.4, 0.5) is 5.69 Å². The summed E-state index contributed by atoms with van der Waals surface area (Å²) in [6.07, 6.45) is 0. The summed E-state index contributed by atoms with van der Waals surface area (Å²) in [5.41, 5.74) is -1.12. The van der Waals surface area contributed by atoms with Crippen LogP contribution in [0.5, 0.6) is 5.75 Å². The Hall–Kier alpha value is -1.45. The molecule has 0 aliphatic heterocycles. The van der Waals surface area contributed by atoms with Crippen LogP contribution in [0.2, 0.25) is 5.02 Å². The summed E-state index contributed by atoms with van der Waals surface area (Å²) in [5.74, 6) is -0.635. The number of nitrogens with zero attached hydrogens (tertiary/aromatic N) is 2. The van der Waals surface area contributed by atoms with E-state index in [9.17, 15) is 16.8 Å². The molecule has 1 rings (SSSR count). The second-order valence-corrected chi connectivity index (χ2v) is 6.27. The molecule has 0 aliphatic rings. The molecule has 12 heteroatoms. The zero-order valence-electron chi connectivity index (χ0n) is 9.10. The van der Waals surface area contributed by atoms with Gasteiger partial charge < -0.3 is 4.74 Å². The van der Waals surface area contributed by atoms with Crippen molar-refractivity contribution in [3.8, 4) is 5.75 Å². The van der Waals surface area contributed by atoms with Crippen molar-refractivity contribution >= 4 is 37.5 Å². The minimum atomic E-state index is -5.03. The van der Waals surface area contributed by atoms with Gasteiger partial charge in [-0.05, 0) is 6.07 Å². The van der Waals surface area contributed by atoms with E-state index in [2.05, 4.69) is 9.71 Å². The minimum Gasteiger partial charge on any atom is -0.493 e. The highest BCUT2D eigenvalue weighted by atomic mass is 35.5. The van der Waals surface area contributed by atoms with Crippen LogP contribution in [-0.4, -0.2) is 33.1 Å². The van der Waals surface area contributed by atoms with Crippen molar-refractivity contribution < 1.29 is 30.7 Å². The molecule has 0 atom stereocenters. The fourth-order valence-electron chi connectivity index (χ4n) is 1.30. The largest absolute Gasteiger partial charge is 0.493 e. The fourth-order valence-corrected chi connectivity index (χ4v) is 3.24. The van der Waals surface area contributed by atoms with Crippen LogP contribution < -0.4 is 4.74 Å². The summed E-state index contributed by atoms with van der Waals surface area (Å²) in [7, 11) is -8.99. The molecule has 0 bridgehead atoms. The van der Waals surface area contributed by atoms with Crippen molar-refractivity contribution in [2.75, 3.05) is 7.11 Å². The summed E-state index contributed by atoms with van der Waals surface area (Å²) < 4.78 is 67.0. The molecular formula is C7H6ClN2O7S2+. The van der Waals surface area contributed by atoms with Crippen LogP contribution in [0, 0.1) is 5.39 Å². The minimum absolute atomic E-state index is 0.532. The third-order valence-corrected chi connectivity index (χ3v) is 4.01. The highest BCUT2D eigenvalue weighted by Gasteiger charge is 2.39. The van der Waals surface area contributed by atoms with Gasteiger partial charge in [0.05, 0.1) is 12.1 Å². The zero-order valence-corrected chi connectivity index (χ0v) is 11.5. The standard InChI is InChI=1S/C7H5ClN2O7S2/c1-17-6-3(8)2-4(18(11,12)13)5(10-9)7(6)19(14,15)16/h2H,1H3,(H-,11,12,13,14,15,16)/p+1. The lowest BCUT2D eigenvalue weighted by Gasteiger charge is -2.07. The highest BCUT2D eigenvalue weighted by molar-refractivity contribution is 7.87. The van der Waals surface area contributed by atoms with Crippen molar-refractivity contribution in [2.45, 2.75) is 9.79 Å². The van der Waals surface area contributed by atoms with Crippen molar-refractivity contribution in [1.82, 2.24) is 0 Å². The van der Waals surface area contributed by atoms with Gasteiger partial charge in [0.2, 0.25) is 10.3 Å². The Labute approximate surface area is 112 Å². The number of hydrogen-bond acceptors (Lipinski definition) is 6. The summed E-state index contributed by atoms with van der Waals surface area (Å²) in [5, 5.41) is 8.18. The molecule has 0 unspecified atom stereocenters. The third kappa shape index (κ3) is 2.94. The van der Waals surface area contributed by atoms with Gasteiger partial charge in [-0.3, -0.25) is 9.11 Å². The number of diazo groups is 1. The lowest BCUT2D eigenvalue weighted by atomic mass is 10.3. The number of hydrogen-bond donors (Lipinski definition) is 2. The Kier molecular flexibility index (Phi) is 4.03. The van der Waals surface area contributed by atoms with E-state index in [1.54, 1.807) is 0 Å². The van der Waals surface area contributed by atoms with Gasteiger partial charge in [0.1, 0.15) is 0 Å². The summed E-state index contributed by atoms with van der Waals surface area (Å²) in [6, 6.07) is 0.611. The van der Waals surface area contributed by atoms with Gasteiger partial charge in [-0.15, -0.1) is 0 Å². The van der Waals surface area contributed by atoms with E-state index < -0.39 is 46.5 Å². The maximum atomic E-state index is 11.2. The molecule has 2 N–H and O–H groups in total. The molecule has 19 heavy (non-hydrogen) atoms. The van der Waals surface area contributed by atoms with Crippen LogP contribution in [0.25, 0.3) is 4.98 Å². The quantitative estimate of drug-likeness (QED) is 0.623. The first kappa shape index (κ1) is 15.6. The molecule has 0 fully saturated rings. The predicted octanol–water partition coefficient (Wildman–Crippen LogP) is 1.33. The molecule has 0 heterocycles. The number of halogens is 1. The molecular weight excluding hydrogens is 324 g/mol. The Bertz CT molecular complexity index is 779. The van der Waals surface area contributed by atoms with E-state index in [1.165, 1.54) is 0 Å². The Balaban J connectivity index is 4.10. The lowest BCUT2D eigenvalue weighted by Crippen LogP contribution is -2.07. The second-order valence-electron chi connectivity index (χ2n) is 3.12. The Morgan fingerprint density at radius 1 is 1.26 bits per heavy atom. The molecule has 0 radical (unpaired) electrons. The van der Waals surface area contributed by atoms with E-state index >= 15 is 0 Å². The zero-order chi connectivity index (χ0) is 15.0. The summed E-state index contributed by atoms with van der Waals surface area (Å²) in [4.78, 5) is 0.150. The van der Waals surface area contributed by atoms with Gasteiger partial charge in [0, 0.05) is 0 Å². The third-order valence-electron chi connectivity index (χ3n) is 1.97. The molecule has 0 amide bonds. The molecule has 1 aromatic carbocycles. The van der Waals surface area contributed by atoms with Crippen LogP contribution in [0.3, 0.4) is 0 Å². The Morgan fingerprint density at radius 2 is 1.79 bits per heavy atom.